The second-order valence-electron chi connectivity index (χ2n) is 4.66. The molecule has 0 unspecified atom stereocenters. The zero-order chi connectivity index (χ0) is 13.7. The number of nitrogens with zero attached hydrogens (tertiary/aromatic N) is 2. The summed E-state index contributed by atoms with van der Waals surface area (Å²) < 4.78 is 0. The summed E-state index contributed by atoms with van der Waals surface area (Å²) in [6, 6.07) is 2.00. The molecule has 18 heavy (non-hydrogen) atoms. The molecule has 5 nitrogen and oxygen atoms in total. The predicted octanol–water partition coefficient (Wildman–Crippen LogP) is 1.32. The van der Waals surface area contributed by atoms with Gasteiger partial charge in [-0.25, -0.2) is 4.98 Å². The van der Waals surface area contributed by atoms with Crippen molar-refractivity contribution in [1.82, 2.24) is 10.3 Å². The second kappa shape index (κ2) is 6.23. The lowest BCUT2D eigenvalue weighted by molar-refractivity contribution is -0.120. The Labute approximate surface area is 108 Å². The van der Waals surface area contributed by atoms with Gasteiger partial charge in [0.05, 0.1) is 12.2 Å². The molecular weight excluding hydrogens is 228 g/mol. The van der Waals surface area contributed by atoms with E-state index in [1.54, 1.807) is 6.20 Å². The summed E-state index contributed by atoms with van der Waals surface area (Å²) in [7, 11) is 0. The van der Waals surface area contributed by atoms with Gasteiger partial charge in [-0.2, -0.15) is 0 Å². The first-order valence-electron chi connectivity index (χ1n) is 6.20. The van der Waals surface area contributed by atoms with E-state index in [0.29, 0.717) is 18.1 Å². The fraction of sp³-hybridized carbons (Fsp3) is 0.538. The Hall–Kier alpha value is -1.78. The molecule has 3 N–H and O–H groups in total. The maximum Gasteiger partial charge on any atom is 0.239 e. The number of anilines is 2. The van der Waals surface area contributed by atoms with Crippen molar-refractivity contribution >= 4 is 17.4 Å². The number of carbonyl (C=O) groups is 1. The van der Waals surface area contributed by atoms with Crippen molar-refractivity contribution < 1.29 is 4.79 Å². The Morgan fingerprint density at radius 1 is 1.56 bits per heavy atom. The normalized spacial score (nSPS) is 10.5. The summed E-state index contributed by atoms with van der Waals surface area (Å²) in [6.07, 6.45) is 1.76. The maximum atomic E-state index is 11.8. The zero-order valence-corrected chi connectivity index (χ0v) is 11.5. The molecule has 0 saturated heterocycles. The van der Waals surface area contributed by atoms with Crippen LogP contribution in [0.25, 0.3) is 0 Å². The van der Waals surface area contributed by atoms with Crippen LogP contribution in [0.15, 0.2) is 12.3 Å². The molecule has 1 rings (SSSR count). The zero-order valence-electron chi connectivity index (χ0n) is 11.5. The lowest BCUT2D eigenvalue weighted by Gasteiger charge is -2.23. The highest BCUT2D eigenvalue weighted by molar-refractivity contribution is 5.82. The average molecular weight is 250 g/mol. The Kier molecular flexibility index (Phi) is 4.95. The van der Waals surface area contributed by atoms with Gasteiger partial charge in [0.15, 0.2) is 5.82 Å². The molecule has 0 spiro atoms. The Morgan fingerprint density at radius 2 is 2.22 bits per heavy atom. The molecule has 0 fully saturated rings. The topological polar surface area (TPSA) is 71.2 Å². The van der Waals surface area contributed by atoms with E-state index in [4.69, 9.17) is 5.73 Å². The molecule has 1 aromatic rings. The van der Waals surface area contributed by atoms with E-state index >= 15 is 0 Å². The molecule has 0 aliphatic carbocycles. The van der Waals surface area contributed by atoms with Gasteiger partial charge >= 0.3 is 0 Å². The number of nitrogen functional groups attached to an aromatic ring is 1. The first-order valence-corrected chi connectivity index (χ1v) is 6.20. The van der Waals surface area contributed by atoms with E-state index in [-0.39, 0.29) is 18.5 Å². The molecular formula is C13H22N4O. The van der Waals surface area contributed by atoms with Crippen molar-refractivity contribution in [2.24, 2.45) is 0 Å². The summed E-state index contributed by atoms with van der Waals surface area (Å²) in [4.78, 5) is 17.9. The van der Waals surface area contributed by atoms with Gasteiger partial charge in [-0.1, -0.05) is 0 Å². The highest BCUT2D eigenvalue weighted by atomic mass is 16.2. The molecule has 1 amide bonds. The fourth-order valence-corrected chi connectivity index (χ4v) is 1.73. The van der Waals surface area contributed by atoms with Gasteiger partial charge in [-0.3, -0.25) is 4.79 Å². The van der Waals surface area contributed by atoms with Crippen molar-refractivity contribution in [1.29, 1.82) is 0 Å². The van der Waals surface area contributed by atoms with E-state index in [1.165, 1.54) is 0 Å². The number of carbonyl (C=O) groups excluding carboxylic acids is 1. The van der Waals surface area contributed by atoms with Gasteiger partial charge < -0.3 is 16.0 Å². The quantitative estimate of drug-likeness (QED) is 0.827. The number of aromatic nitrogens is 1. The summed E-state index contributed by atoms with van der Waals surface area (Å²) in [6.45, 7) is 8.75. The minimum Gasteiger partial charge on any atom is -0.396 e. The summed E-state index contributed by atoms with van der Waals surface area (Å²) in [5.41, 5.74) is 7.56. The number of pyridine rings is 1. The van der Waals surface area contributed by atoms with Gasteiger partial charge in [0.1, 0.15) is 0 Å². The number of amides is 1. The lowest BCUT2D eigenvalue weighted by Crippen LogP contribution is -2.40. The van der Waals surface area contributed by atoms with Crippen LogP contribution in [0.3, 0.4) is 0 Å². The third kappa shape index (κ3) is 3.91. The Balaban J connectivity index is 2.80. The monoisotopic (exact) mass is 250 g/mol. The van der Waals surface area contributed by atoms with Gasteiger partial charge in [0, 0.05) is 18.8 Å². The van der Waals surface area contributed by atoms with Crippen LogP contribution >= 0.6 is 0 Å². The van der Waals surface area contributed by atoms with E-state index in [0.717, 1.165) is 5.56 Å². The molecule has 0 aliphatic heterocycles. The molecule has 1 heterocycles. The molecule has 0 bridgehead atoms. The van der Waals surface area contributed by atoms with Crippen LogP contribution in [0.2, 0.25) is 0 Å². The van der Waals surface area contributed by atoms with E-state index < -0.39 is 0 Å². The largest absolute Gasteiger partial charge is 0.396 e. The number of rotatable bonds is 5. The van der Waals surface area contributed by atoms with Crippen LogP contribution in [0.4, 0.5) is 11.5 Å². The van der Waals surface area contributed by atoms with Crippen LogP contribution in [0.1, 0.15) is 26.3 Å². The van der Waals surface area contributed by atoms with Crippen LogP contribution in [0.5, 0.6) is 0 Å². The van der Waals surface area contributed by atoms with Gasteiger partial charge in [-0.05, 0) is 39.3 Å². The first kappa shape index (κ1) is 14.3. The summed E-state index contributed by atoms with van der Waals surface area (Å²) in [5, 5.41) is 2.86. The SMILES string of the molecule is CCN(CC(=O)NC(C)C)c1ncc(C)cc1N. The van der Waals surface area contributed by atoms with E-state index in [9.17, 15) is 4.79 Å². The molecule has 0 saturated carbocycles. The molecule has 0 radical (unpaired) electrons. The minimum atomic E-state index is -0.0198. The van der Waals surface area contributed by atoms with Crippen molar-refractivity contribution in [2.75, 3.05) is 23.7 Å². The molecule has 100 valence electrons. The standard InChI is InChI=1S/C13H22N4O/c1-5-17(8-12(18)16-9(2)3)13-11(14)6-10(4)7-15-13/h6-7,9H,5,8,14H2,1-4H3,(H,16,18). The van der Waals surface area contributed by atoms with Crippen LogP contribution in [-0.2, 0) is 4.79 Å². The number of nitrogens with two attached hydrogens (primary N) is 1. The van der Waals surface area contributed by atoms with Crippen LogP contribution in [0, 0.1) is 6.92 Å². The smallest absolute Gasteiger partial charge is 0.239 e. The minimum absolute atomic E-state index is 0.0198. The Morgan fingerprint density at radius 3 is 2.72 bits per heavy atom. The molecule has 5 heteroatoms. The number of hydrogen-bond acceptors (Lipinski definition) is 4. The summed E-state index contributed by atoms with van der Waals surface area (Å²) in [5.74, 6) is 0.649. The summed E-state index contributed by atoms with van der Waals surface area (Å²) >= 11 is 0. The van der Waals surface area contributed by atoms with Gasteiger partial charge in [-0.15, -0.1) is 0 Å². The average Bonchev–Trinajstić information content (AvgIpc) is 2.25. The highest BCUT2D eigenvalue weighted by Crippen LogP contribution is 2.20. The van der Waals surface area contributed by atoms with E-state index in [1.807, 2.05) is 38.7 Å². The molecule has 0 atom stereocenters. The number of nitrogens with one attached hydrogen (secondary N) is 1. The van der Waals surface area contributed by atoms with Crippen LogP contribution < -0.4 is 16.0 Å². The van der Waals surface area contributed by atoms with Gasteiger partial charge in [0.25, 0.3) is 0 Å². The number of aryl methyl sites for hydroxylation is 1. The molecule has 1 aromatic heterocycles. The third-order valence-corrected chi connectivity index (χ3v) is 2.50. The van der Waals surface area contributed by atoms with Crippen molar-refractivity contribution in [3.8, 4) is 0 Å². The molecule has 0 aromatic carbocycles. The van der Waals surface area contributed by atoms with Crippen LogP contribution in [-0.4, -0.2) is 30.0 Å². The number of hydrogen-bond donors (Lipinski definition) is 2. The first-order chi connectivity index (χ1) is 8.43. The van der Waals surface area contributed by atoms with Gasteiger partial charge in [0.2, 0.25) is 5.91 Å². The van der Waals surface area contributed by atoms with Crippen molar-refractivity contribution in [2.45, 2.75) is 33.7 Å². The van der Waals surface area contributed by atoms with Crippen molar-refractivity contribution in [3.05, 3.63) is 17.8 Å². The molecule has 0 aliphatic rings. The fourth-order valence-electron chi connectivity index (χ4n) is 1.73. The Bertz CT molecular complexity index is 417. The maximum absolute atomic E-state index is 11.8. The predicted molar refractivity (Wildman–Crippen MR) is 74.6 cm³/mol. The highest BCUT2D eigenvalue weighted by Gasteiger charge is 2.14. The lowest BCUT2D eigenvalue weighted by atomic mass is 10.2. The van der Waals surface area contributed by atoms with E-state index in [2.05, 4.69) is 10.3 Å². The third-order valence-electron chi connectivity index (χ3n) is 2.50. The number of likely N-dealkylation sites (N-methyl/N-ethyl adjacent to an activating group) is 1. The van der Waals surface area contributed by atoms with Crippen molar-refractivity contribution in [3.63, 3.8) is 0 Å². The second-order valence-corrected chi connectivity index (χ2v) is 4.66.